The number of hydrogen-bond donors (Lipinski definition) is 1. The third kappa shape index (κ3) is 4.42. The van der Waals surface area contributed by atoms with Gasteiger partial charge in [0.2, 0.25) is 11.8 Å². The first kappa shape index (κ1) is 20.6. The zero-order valence-corrected chi connectivity index (χ0v) is 17.2. The van der Waals surface area contributed by atoms with Crippen molar-refractivity contribution in [3.8, 4) is 5.75 Å². The molecule has 0 aliphatic carbocycles. The van der Waals surface area contributed by atoms with Crippen LogP contribution in [0.25, 0.3) is 0 Å². The molecule has 2 aliphatic heterocycles. The molecule has 2 aromatic rings. The summed E-state index contributed by atoms with van der Waals surface area (Å²) in [7, 11) is 0. The number of nitrogens with one attached hydrogen (secondary N) is 1. The van der Waals surface area contributed by atoms with Crippen LogP contribution in [0.15, 0.2) is 42.5 Å². The molecule has 0 spiro atoms. The molecule has 6 nitrogen and oxygen atoms in total. The first-order chi connectivity index (χ1) is 14.5. The molecule has 2 aliphatic rings. The zero-order chi connectivity index (χ0) is 21.1. The lowest BCUT2D eigenvalue weighted by atomic mass is 10.1. The fraction of sp³-hybridized carbons (Fsp3) is 0.364. The highest BCUT2D eigenvalue weighted by molar-refractivity contribution is 6.31. The minimum Gasteiger partial charge on any atom is -0.491 e. The van der Waals surface area contributed by atoms with Crippen LogP contribution in [-0.4, -0.2) is 53.9 Å². The Bertz CT molecular complexity index is 935. The van der Waals surface area contributed by atoms with Crippen molar-refractivity contribution >= 4 is 23.4 Å². The van der Waals surface area contributed by atoms with E-state index in [-0.39, 0.29) is 24.8 Å². The molecule has 4 rings (SSSR count). The van der Waals surface area contributed by atoms with Gasteiger partial charge in [-0.3, -0.25) is 14.5 Å². The molecular weight excluding hydrogens is 409 g/mol. The summed E-state index contributed by atoms with van der Waals surface area (Å²) in [6, 6.07) is 11.5. The van der Waals surface area contributed by atoms with Crippen molar-refractivity contribution in [2.24, 2.45) is 0 Å². The van der Waals surface area contributed by atoms with E-state index in [0.29, 0.717) is 43.4 Å². The smallest absolute Gasteiger partial charge is 0.237 e. The SMILES string of the molecule is O=C1NCCN(Cc2c(F)cccc2Cl)[C@H]1CC(=O)N1CCOc2ccccc2C1. The lowest BCUT2D eigenvalue weighted by molar-refractivity contribution is -0.139. The third-order valence-corrected chi connectivity index (χ3v) is 5.89. The van der Waals surface area contributed by atoms with E-state index >= 15 is 0 Å². The number of para-hydroxylation sites is 1. The van der Waals surface area contributed by atoms with Gasteiger partial charge >= 0.3 is 0 Å². The monoisotopic (exact) mass is 431 g/mol. The summed E-state index contributed by atoms with van der Waals surface area (Å²) in [5, 5.41) is 3.12. The number of carbonyl (C=O) groups excluding carboxylic acids is 2. The van der Waals surface area contributed by atoms with E-state index < -0.39 is 11.9 Å². The minimum atomic E-state index is -0.679. The first-order valence-electron chi connectivity index (χ1n) is 9.96. The predicted octanol–water partition coefficient (Wildman–Crippen LogP) is 2.59. The van der Waals surface area contributed by atoms with Crippen molar-refractivity contribution in [2.45, 2.75) is 25.6 Å². The molecule has 1 fully saturated rings. The van der Waals surface area contributed by atoms with Crippen LogP contribution in [0.4, 0.5) is 4.39 Å². The van der Waals surface area contributed by atoms with Gasteiger partial charge in [-0.2, -0.15) is 0 Å². The first-order valence-corrected chi connectivity index (χ1v) is 10.3. The fourth-order valence-electron chi connectivity index (χ4n) is 3.89. The van der Waals surface area contributed by atoms with Gasteiger partial charge in [0.1, 0.15) is 18.2 Å². The number of benzene rings is 2. The fourth-order valence-corrected chi connectivity index (χ4v) is 4.12. The molecule has 2 heterocycles. The average molecular weight is 432 g/mol. The standard InChI is InChI=1S/C22H23ClFN3O3/c23-17-5-3-6-18(24)16(17)14-26-9-8-25-22(29)19(26)12-21(28)27-10-11-30-20-7-2-1-4-15(20)13-27/h1-7,19H,8-14H2,(H,25,29)/t19-/m0/s1. The van der Waals surface area contributed by atoms with Gasteiger partial charge in [0, 0.05) is 42.3 Å². The number of nitrogens with zero attached hydrogens (tertiary/aromatic N) is 2. The van der Waals surface area contributed by atoms with Crippen LogP contribution in [0.5, 0.6) is 5.75 Å². The average Bonchev–Trinajstić information content (AvgIpc) is 2.95. The predicted molar refractivity (Wildman–Crippen MR) is 111 cm³/mol. The van der Waals surface area contributed by atoms with E-state index in [2.05, 4.69) is 5.32 Å². The third-order valence-electron chi connectivity index (χ3n) is 5.54. The van der Waals surface area contributed by atoms with E-state index in [1.807, 2.05) is 29.2 Å². The maximum Gasteiger partial charge on any atom is 0.237 e. The molecule has 8 heteroatoms. The molecule has 2 aromatic carbocycles. The largest absolute Gasteiger partial charge is 0.491 e. The summed E-state index contributed by atoms with van der Waals surface area (Å²) in [5.41, 5.74) is 1.27. The minimum absolute atomic E-state index is 0.0140. The van der Waals surface area contributed by atoms with Crippen molar-refractivity contribution in [1.29, 1.82) is 0 Å². The maximum absolute atomic E-state index is 14.3. The van der Waals surface area contributed by atoms with Gasteiger partial charge in [0.25, 0.3) is 0 Å². The van der Waals surface area contributed by atoms with Crippen molar-refractivity contribution in [3.63, 3.8) is 0 Å². The maximum atomic E-state index is 14.3. The van der Waals surface area contributed by atoms with E-state index in [1.54, 1.807) is 17.0 Å². The van der Waals surface area contributed by atoms with Crippen molar-refractivity contribution in [1.82, 2.24) is 15.1 Å². The number of hydrogen-bond acceptors (Lipinski definition) is 4. The number of carbonyl (C=O) groups is 2. The van der Waals surface area contributed by atoms with Crippen molar-refractivity contribution in [2.75, 3.05) is 26.2 Å². The number of halogens is 2. The van der Waals surface area contributed by atoms with Crippen molar-refractivity contribution in [3.05, 3.63) is 64.4 Å². The number of fused-ring (bicyclic) bond motifs is 1. The van der Waals surface area contributed by atoms with Gasteiger partial charge in [0.05, 0.1) is 19.0 Å². The number of rotatable bonds is 4. The van der Waals surface area contributed by atoms with Crippen LogP contribution < -0.4 is 10.1 Å². The highest BCUT2D eigenvalue weighted by Gasteiger charge is 2.34. The van der Waals surface area contributed by atoms with Gasteiger partial charge in [-0.15, -0.1) is 0 Å². The Balaban J connectivity index is 1.49. The van der Waals surface area contributed by atoms with Gasteiger partial charge in [-0.1, -0.05) is 35.9 Å². The van der Waals surface area contributed by atoms with Crippen molar-refractivity contribution < 1.29 is 18.7 Å². The summed E-state index contributed by atoms with van der Waals surface area (Å²) >= 11 is 6.17. The second-order valence-corrected chi connectivity index (χ2v) is 7.86. The second kappa shape index (κ2) is 9.02. The van der Waals surface area contributed by atoms with E-state index in [1.165, 1.54) is 6.07 Å². The number of ether oxygens (including phenoxy) is 1. The van der Waals surface area contributed by atoms with Crippen LogP contribution in [-0.2, 0) is 22.7 Å². The molecule has 0 radical (unpaired) electrons. The summed E-state index contributed by atoms with van der Waals surface area (Å²) in [6.07, 6.45) is 0.0140. The van der Waals surface area contributed by atoms with Gasteiger partial charge < -0.3 is 15.0 Å². The Kier molecular flexibility index (Phi) is 6.20. The second-order valence-electron chi connectivity index (χ2n) is 7.45. The molecule has 1 atom stereocenters. The lowest BCUT2D eigenvalue weighted by Crippen LogP contribution is -2.56. The zero-order valence-electron chi connectivity index (χ0n) is 16.4. The number of amides is 2. The molecule has 1 saturated heterocycles. The molecule has 2 amide bonds. The molecule has 0 bridgehead atoms. The van der Waals surface area contributed by atoms with Crippen LogP contribution in [0.2, 0.25) is 5.02 Å². The quantitative estimate of drug-likeness (QED) is 0.808. The number of piperazine rings is 1. The van der Waals surface area contributed by atoms with Crippen LogP contribution in [0, 0.1) is 5.82 Å². The molecule has 30 heavy (non-hydrogen) atoms. The highest BCUT2D eigenvalue weighted by atomic mass is 35.5. The van der Waals surface area contributed by atoms with Crippen LogP contribution in [0.1, 0.15) is 17.5 Å². The topological polar surface area (TPSA) is 61.9 Å². The van der Waals surface area contributed by atoms with E-state index in [4.69, 9.17) is 16.3 Å². The lowest BCUT2D eigenvalue weighted by Gasteiger charge is -2.35. The Labute approximate surface area is 179 Å². The van der Waals surface area contributed by atoms with Gasteiger partial charge in [-0.05, 0) is 18.2 Å². The Hall–Kier alpha value is -2.64. The molecule has 158 valence electrons. The summed E-state index contributed by atoms with van der Waals surface area (Å²) in [6.45, 7) is 2.40. The Morgan fingerprint density at radius 2 is 2.03 bits per heavy atom. The van der Waals surface area contributed by atoms with Crippen LogP contribution in [0.3, 0.4) is 0 Å². The Morgan fingerprint density at radius 3 is 2.87 bits per heavy atom. The molecule has 1 N–H and O–H groups in total. The summed E-state index contributed by atoms with van der Waals surface area (Å²) in [4.78, 5) is 29.2. The molecule has 0 saturated carbocycles. The van der Waals surface area contributed by atoms with Crippen LogP contribution >= 0.6 is 11.6 Å². The molecule has 0 unspecified atom stereocenters. The van der Waals surface area contributed by atoms with E-state index in [9.17, 15) is 14.0 Å². The summed E-state index contributed by atoms with van der Waals surface area (Å²) < 4.78 is 20.0. The molecular formula is C22H23ClFN3O3. The normalized spacial score (nSPS) is 19.5. The van der Waals surface area contributed by atoms with Gasteiger partial charge in [-0.25, -0.2) is 4.39 Å². The highest BCUT2D eigenvalue weighted by Crippen LogP contribution is 2.25. The Morgan fingerprint density at radius 1 is 1.20 bits per heavy atom. The molecule has 0 aromatic heterocycles. The van der Waals surface area contributed by atoms with E-state index in [0.717, 1.165) is 11.3 Å². The summed E-state index contributed by atoms with van der Waals surface area (Å²) in [5.74, 6) is -0.00520. The van der Waals surface area contributed by atoms with Gasteiger partial charge in [0.15, 0.2) is 0 Å².